The highest BCUT2D eigenvalue weighted by Crippen LogP contribution is 2.32. The van der Waals surface area contributed by atoms with Crippen LogP contribution in [0.4, 0.5) is 0 Å². The van der Waals surface area contributed by atoms with Crippen LogP contribution in [0.15, 0.2) is 0 Å². The zero-order valence-corrected chi connectivity index (χ0v) is 17.2. The third-order valence-corrected chi connectivity index (χ3v) is 5.38. The first kappa shape index (κ1) is 24.9. The van der Waals surface area contributed by atoms with Crippen molar-refractivity contribution in [1.82, 2.24) is 9.80 Å². The van der Waals surface area contributed by atoms with E-state index in [4.69, 9.17) is 15.2 Å². The Bertz CT molecular complexity index is 382. The van der Waals surface area contributed by atoms with E-state index < -0.39 is 5.41 Å². The average Bonchev–Trinajstić information content (AvgIpc) is 2.62. The van der Waals surface area contributed by atoms with Crippen molar-refractivity contribution in [2.75, 3.05) is 59.2 Å². The molecule has 2 rings (SSSR count). The van der Waals surface area contributed by atoms with E-state index in [0.29, 0.717) is 25.8 Å². The lowest BCUT2D eigenvalue weighted by Crippen LogP contribution is -2.59. The van der Waals surface area contributed by atoms with Gasteiger partial charge in [0, 0.05) is 58.6 Å². The van der Waals surface area contributed by atoms with Gasteiger partial charge in [0.25, 0.3) is 0 Å². The van der Waals surface area contributed by atoms with Crippen molar-refractivity contribution in [2.24, 2.45) is 11.1 Å². The van der Waals surface area contributed by atoms with Gasteiger partial charge in [0.2, 0.25) is 5.91 Å². The molecule has 2 saturated heterocycles. The molecule has 0 aliphatic carbocycles. The molecule has 2 N–H and O–H groups in total. The zero-order chi connectivity index (χ0) is 16.7. The van der Waals surface area contributed by atoms with Gasteiger partial charge >= 0.3 is 0 Å². The predicted octanol–water partition coefficient (Wildman–Crippen LogP) is 1.54. The van der Waals surface area contributed by atoms with Gasteiger partial charge in [-0.05, 0) is 26.2 Å². The number of hydrogen-bond acceptors (Lipinski definition) is 5. The highest BCUT2D eigenvalue weighted by molar-refractivity contribution is 5.85. The van der Waals surface area contributed by atoms with E-state index in [9.17, 15) is 4.79 Å². The topological polar surface area (TPSA) is 68.0 Å². The Morgan fingerprint density at radius 3 is 2.48 bits per heavy atom. The fraction of sp³-hybridized carbons (Fsp3) is 0.941. The number of carbonyl (C=O) groups is 1. The first-order valence-electron chi connectivity index (χ1n) is 9.06. The Balaban J connectivity index is 0.00000288. The van der Waals surface area contributed by atoms with Gasteiger partial charge in [-0.2, -0.15) is 0 Å². The Morgan fingerprint density at radius 2 is 1.92 bits per heavy atom. The minimum Gasteiger partial charge on any atom is -0.381 e. The molecule has 1 atom stereocenters. The molecule has 1 unspecified atom stereocenters. The molecule has 0 saturated carbocycles. The molecule has 8 heteroatoms. The second kappa shape index (κ2) is 12.3. The summed E-state index contributed by atoms with van der Waals surface area (Å²) in [5.74, 6) is 0.242. The summed E-state index contributed by atoms with van der Waals surface area (Å²) in [4.78, 5) is 17.6. The Labute approximate surface area is 164 Å². The monoisotopic (exact) mass is 399 g/mol. The van der Waals surface area contributed by atoms with Crippen LogP contribution in [0.3, 0.4) is 0 Å². The van der Waals surface area contributed by atoms with E-state index in [1.807, 2.05) is 11.8 Å². The van der Waals surface area contributed by atoms with Gasteiger partial charge < -0.3 is 20.1 Å². The first-order valence-corrected chi connectivity index (χ1v) is 9.06. The van der Waals surface area contributed by atoms with Crippen LogP contribution in [0, 0.1) is 5.41 Å². The molecule has 0 spiro atoms. The van der Waals surface area contributed by atoms with E-state index in [0.717, 1.165) is 58.7 Å². The lowest BCUT2D eigenvalue weighted by Gasteiger charge is -2.45. The number of amides is 1. The highest BCUT2D eigenvalue weighted by Gasteiger charge is 2.43. The fourth-order valence-electron chi connectivity index (χ4n) is 3.69. The van der Waals surface area contributed by atoms with E-state index in [1.54, 1.807) is 0 Å². The standard InChI is InChI=1S/C17H33N3O3.2ClH/c1-3-15-13-20(8-7-19(15)9-12-22-4-2)16(21)17(14-18)5-10-23-11-6-17;;/h15H,3-14,18H2,1-2H3;2*1H. The third-order valence-electron chi connectivity index (χ3n) is 5.38. The highest BCUT2D eigenvalue weighted by atomic mass is 35.5. The second-order valence-electron chi connectivity index (χ2n) is 6.64. The van der Waals surface area contributed by atoms with E-state index in [1.165, 1.54) is 0 Å². The maximum atomic E-state index is 13.1. The number of nitrogens with two attached hydrogens (primary N) is 1. The molecule has 2 fully saturated rings. The summed E-state index contributed by atoms with van der Waals surface area (Å²) in [6.45, 7) is 10.9. The molecule has 0 aromatic heterocycles. The van der Waals surface area contributed by atoms with Crippen LogP contribution in [0.5, 0.6) is 0 Å². The van der Waals surface area contributed by atoms with Crippen molar-refractivity contribution in [3.63, 3.8) is 0 Å². The Hall–Kier alpha value is -0.110. The summed E-state index contributed by atoms with van der Waals surface area (Å²) in [5, 5.41) is 0. The van der Waals surface area contributed by atoms with Gasteiger partial charge in [0.1, 0.15) is 0 Å². The minimum atomic E-state index is -0.399. The number of nitrogens with zero attached hydrogens (tertiary/aromatic N) is 2. The summed E-state index contributed by atoms with van der Waals surface area (Å²) in [6.07, 6.45) is 2.56. The largest absolute Gasteiger partial charge is 0.381 e. The lowest BCUT2D eigenvalue weighted by atomic mass is 9.78. The number of rotatable bonds is 7. The van der Waals surface area contributed by atoms with Crippen molar-refractivity contribution in [1.29, 1.82) is 0 Å². The maximum Gasteiger partial charge on any atom is 0.230 e. The van der Waals surface area contributed by atoms with Crippen LogP contribution >= 0.6 is 24.8 Å². The molecule has 2 aliphatic rings. The van der Waals surface area contributed by atoms with Gasteiger partial charge in [-0.15, -0.1) is 24.8 Å². The molecule has 0 aromatic rings. The van der Waals surface area contributed by atoms with Crippen LogP contribution in [0.2, 0.25) is 0 Å². The Kier molecular flexibility index (Phi) is 12.3. The average molecular weight is 400 g/mol. The fourth-order valence-corrected chi connectivity index (χ4v) is 3.69. The Morgan fingerprint density at radius 1 is 1.24 bits per heavy atom. The number of ether oxygens (including phenoxy) is 2. The van der Waals surface area contributed by atoms with Crippen LogP contribution in [0.1, 0.15) is 33.1 Å². The molecular formula is C17H35Cl2N3O3. The third kappa shape index (κ3) is 6.22. The summed E-state index contributed by atoms with van der Waals surface area (Å²) >= 11 is 0. The van der Waals surface area contributed by atoms with Crippen LogP contribution in [-0.2, 0) is 14.3 Å². The molecule has 0 aromatic carbocycles. The number of piperazine rings is 1. The SMILES string of the molecule is CCOCCN1CCN(C(=O)C2(CN)CCOCC2)CC1CC.Cl.Cl. The number of carbonyl (C=O) groups excluding carboxylic acids is 1. The van der Waals surface area contributed by atoms with Gasteiger partial charge in [-0.25, -0.2) is 0 Å². The van der Waals surface area contributed by atoms with Crippen molar-refractivity contribution < 1.29 is 14.3 Å². The quantitative estimate of drug-likeness (QED) is 0.657. The summed E-state index contributed by atoms with van der Waals surface area (Å²) in [5.41, 5.74) is 5.59. The molecule has 1 amide bonds. The summed E-state index contributed by atoms with van der Waals surface area (Å²) < 4.78 is 10.9. The predicted molar refractivity (Wildman–Crippen MR) is 105 cm³/mol. The first-order chi connectivity index (χ1) is 11.2. The summed E-state index contributed by atoms with van der Waals surface area (Å²) in [6, 6.07) is 0.419. The molecule has 150 valence electrons. The van der Waals surface area contributed by atoms with Gasteiger partial charge in [0.15, 0.2) is 0 Å². The molecular weight excluding hydrogens is 365 g/mol. The van der Waals surface area contributed by atoms with Crippen molar-refractivity contribution in [2.45, 2.75) is 39.2 Å². The maximum absolute atomic E-state index is 13.1. The van der Waals surface area contributed by atoms with Crippen molar-refractivity contribution in [3.05, 3.63) is 0 Å². The smallest absolute Gasteiger partial charge is 0.230 e. The summed E-state index contributed by atoms with van der Waals surface area (Å²) in [7, 11) is 0. The molecule has 2 aliphatic heterocycles. The number of hydrogen-bond donors (Lipinski definition) is 1. The van der Waals surface area contributed by atoms with Gasteiger partial charge in [-0.3, -0.25) is 9.69 Å². The molecule has 25 heavy (non-hydrogen) atoms. The van der Waals surface area contributed by atoms with Gasteiger partial charge in [-0.1, -0.05) is 6.92 Å². The zero-order valence-electron chi connectivity index (χ0n) is 15.6. The normalized spacial score (nSPS) is 23.5. The second-order valence-corrected chi connectivity index (χ2v) is 6.64. The molecule has 2 heterocycles. The van der Waals surface area contributed by atoms with E-state index >= 15 is 0 Å². The lowest BCUT2D eigenvalue weighted by molar-refractivity contribution is -0.150. The molecule has 0 radical (unpaired) electrons. The van der Waals surface area contributed by atoms with E-state index in [-0.39, 0.29) is 30.7 Å². The van der Waals surface area contributed by atoms with E-state index in [2.05, 4.69) is 11.8 Å². The van der Waals surface area contributed by atoms with Crippen molar-refractivity contribution in [3.8, 4) is 0 Å². The molecule has 0 bridgehead atoms. The van der Waals surface area contributed by atoms with Crippen molar-refractivity contribution >= 4 is 30.7 Å². The van der Waals surface area contributed by atoms with Gasteiger partial charge in [0.05, 0.1) is 12.0 Å². The molecule has 6 nitrogen and oxygen atoms in total. The van der Waals surface area contributed by atoms with Crippen LogP contribution in [-0.4, -0.2) is 80.9 Å². The minimum absolute atomic E-state index is 0. The van der Waals surface area contributed by atoms with Crippen LogP contribution in [0.25, 0.3) is 0 Å². The number of halogens is 2. The van der Waals surface area contributed by atoms with Crippen LogP contribution < -0.4 is 5.73 Å².